The van der Waals surface area contributed by atoms with Crippen LogP contribution in [-0.4, -0.2) is 20.0 Å². The fourth-order valence-corrected chi connectivity index (χ4v) is 2.19. The van der Waals surface area contributed by atoms with Crippen molar-refractivity contribution in [2.45, 2.75) is 19.3 Å². The molecule has 0 saturated carbocycles. The first-order chi connectivity index (χ1) is 7.19. The predicted octanol–water partition coefficient (Wildman–Crippen LogP) is 2.39. The number of Topliss-reactive ketones (excluding diaryl/α,β-unsaturated/α-hetero) is 1. The molecule has 0 fully saturated rings. The Balaban J connectivity index is 2.67. The number of carbonyl (C=O) groups excluding carboxylic acids is 1. The number of fused-ring (bicyclic) bond motifs is 1. The molecule has 0 unspecified atom stereocenters. The minimum absolute atomic E-state index is 0.147. The molecule has 1 aromatic rings. The summed E-state index contributed by atoms with van der Waals surface area (Å²) in [6.07, 6.45) is 0.548. The average molecular weight is 206 g/mol. The lowest BCUT2D eigenvalue weighted by atomic mass is 10.0. The zero-order valence-corrected chi connectivity index (χ0v) is 9.16. The van der Waals surface area contributed by atoms with E-state index in [1.165, 1.54) is 0 Å². The molecule has 0 aliphatic heterocycles. The summed E-state index contributed by atoms with van der Waals surface area (Å²) in [6.45, 7) is 2.03. The van der Waals surface area contributed by atoms with Crippen molar-refractivity contribution < 1.29 is 14.3 Å². The first-order valence-electron chi connectivity index (χ1n) is 4.97. The smallest absolute Gasteiger partial charge is 0.167 e. The Bertz CT molecular complexity index is 410. The summed E-state index contributed by atoms with van der Waals surface area (Å²) in [5.41, 5.74) is 1.69. The monoisotopic (exact) mass is 206 g/mol. The number of carbonyl (C=O) groups is 1. The van der Waals surface area contributed by atoms with Gasteiger partial charge in [0, 0.05) is 12.0 Å². The standard InChI is InChI=1S/C12H14O3/c1-7-6-8(13)12-10(15-3)5-4-9(14-2)11(7)12/h4-5,7H,6H2,1-3H3/t7-/m1/s1. The minimum Gasteiger partial charge on any atom is -0.496 e. The summed E-state index contributed by atoms with van der Waals surface area (Å²) in [6, 6.07) is 3.64. The molecule has 0 amide bonds. The number of hydrogen-bond acceptors (Lipinski definition) is 3. The normalized spacial score (nSPS) is 18.9. The van der Waals surface area contributed by atoms with Gasteiger partial charge in [0.1, 0.15) is 11.5 Å². The molecule has 80 valence electrons. The van der Waals surface area contributed by atoms with Crippen molar-refractivity contribution in [1.82, 2.24) is 0 Å². The molecule has 0 aromatic heterocycles. The number of methoxy groups -OCH3 is 2. The van der Waals surface area contributed by atoms with Crippen LogP contribution in [0.2, 0.25) is 0 Å². The van der Waals surface area contributed by atoms with Crippen LogP contribution in [0.5, 0.6) is 11.5 Å². The predicted molar refractivity (Wildman–Crippen MR) is 56.9 cm³/mol. The van der Waals surface area contributed by atoms with Crippen molar-refractivity contribution in [3.05, 3.63) is 23.3 Å². The number of ether oxygens (including phenoxy) is 2. The van der Waals surface area contributed by atoms with Gasteiger partial charge in [0.25, 0.3) is 0 Å². The van der Waals surface area contributed by atoms with Crippen LogP contribution in [0.25, 0.3) is 0 Å². The summed E-state index contributed by atoms with van der Waals surface area (Å²) in [4.78, 5) is 11.8. The zero-order chi connectivity index (χ0) is 11.0. The van der Waals surface area contributed by atoms with Gasteiger partial charge < -0.3 is 9.47 Å². The maximum absolute atomic E-state index is 11.8. The van der Waals surface area contributed by atoms with E-state index >= 15 is 0 Å². The molecule has 1 aromatic carbocycles. The van der Waals surface area contributed by atoms with Gasteiger partial charge in [-0.25, -0.2) is 0 Å². The Hall–Kier alpha value is -1.51. The Kier molecular flexibility index (Phi) is 2.39. The molecular formula is C12H14O3. The van der Waals surface area contributed by atoms with E-state index in [0.717, 1.165) is 11.3 Å². The van der Waals surface area contributed by atoms with Gasteiger partial charge in [-0.3, -0.25) is 4.79 Å². The van der Waals surface area contributed by atoms with E-state index in [-0.39, 0.29) is 11.7 Å². The van der Waals surface area contributed by atoms with Gasteiger partial charge in [-0.1, -0.05) is 6.92 Å². The first kappa shape index (κ1) is 10.0. The van der Waals surface area contributed by atoms with Crippen LogP contribution in [0.15, 0.2) is 12.1 Å². The number of ketones is 1. The molecule has 3 heteroatoms. The van der Waals surface area contributed by atoms with Crippen LogP contribution in [0, 0.1) is 0 Å². The van der Waals surface area contributed by atoms with E-state index in [2.05, 4.69) is 0 Å². The Morgan fingerprint density at radius 2 is 1.80 bits per heavy atom. The first-order valence-corrected chi connectivity index (χ1v) is 4.97. The second-order valence-electron chi connectivity index (χ2n) is 3.79. The third kappa shape index (κ3) is 1.39. The third-order valence-electron chi connectivity index (χ3n) is 2.87. The molecule has 2 rings (SSSR count). The fraction of sp³-hybridized carbons (Fsp3) is 0.417. The van der Waals surface area contributed by atoms with Gasteiger partial charge in [-0.15, -0.1) is 0 Å². The molecule has 15 heavy (non-hydrogen) atoms. The summed E-state index contributed by atoms with van der Waals surface area (Å²) < 4.78 is 10.5. The van der Waals surface area contributed by atoms with E-state index in [9.17, 15) is 4.79 Å². The highest BCUT2D eigenvalue weighted by molar-refractivity contribution is 6.04. The van der Waals surface area contributed by atoms with Gasteiger partial charge in [0.15, 0.2) is 5.78 Å². The maximum Gasteiger partial charge on any atom is 0.167 e. The van der Waals surface area contributed by atoms with E-state index in [0.29, 0.717) is 17.7 Å². The van der Waals surface area contributed by atoms with Crippen molar-refractivity contribution >= 4 is 5.78 Å². The summed E-state index contributed by atoms with van der Waals surface area (Å²) in [5.74, 6) is 1.80. The van der Waals surface area contributed by atoms with Crippen molar-refractivity contribution in [2.75, 3.05) is 14.2 Å². The molecule has 3 nitrogen and oxygen atoms in total. The summed E-state index contributed by atoms with van der Waals surface area (Å²) >= 11 is 0. The zero-order valence-electron chi connectivity index (χ0n) is 9.16. The van der Waals surface area contributed by atoms with Gasteiger partial charge in [0.05, 0.1) is 19.8 Å². The van der Waals surface area contributed by atoms with Gasteiger partial charge >= 0.3 is 0 Å². The van der Waals surface area contributed by atoms with Crippen LogP contribution in [-0.2, 0) is 0 Å². The molecule has 0 N–H and O–H groups in total. The second kappa shape index (κ2) is 3.57. The van der Waals surface area contributed by atoms with Crippen molar-refractivity contribution in [3.8, 4) is 11.5 Å². The number of benzene rings is 1. The maximum atomic E-state index is 11.8. The van der Waals surface area contributed by atoms with Gasteiger partial charge in [-0.2, -0.15) is 0 Å². The Morgan fingerprint density at radius 3 is 2.40 bits per heavy atom. The van der Waals surface area contributed by atoms with E-state index in [4.69, 9.17) is 9.47 Å². The summed E-state index contributed by atoms with van der Waals surface area (Å²) in [7, 11) is 3.20. The molecular weight excluding hydrogens is 192 g/mol. The van der Waals surface area contributed by atoms with Crippen molar-refractivity contribution in [2.24, 2.45) is 0 Å². The molecule has 1 aliphatic carbocycles. The second-order valence-corrected chi connectivity index (χ2v) is 3.79. The third-order valence-corrected chi connectivity index (χ3v) is 2.87. The Morgan fingerprint density at radius 1 is 1.20 bits per heavy atom. The lowest BCUT2D eigenvalue weighted by molar-refractivity contribution is 0.0987. The van der Waals surface area contributed by atoms with E-state index < -0.39 is 0 Å². The highest BCUT2D eigenvalue weighted by Crippen LogP contribution is 2.43. The molecule has 0 heterocycles. The highest BCUT2D eigenvalue weighted by atomic mass is 16.5. The van der Waals surface area contributed by atoms with Crippen LogP contribution in [0.4, 0.5) is 0 Å². The molecule has 1 atom stereocenters. The lowest BCUT2D eigenvalue weighted by Crippen LogP contribution is -1.98. The summed E-state index contributed by atoms with van der Waals surface area (Å²) in [5, 5.41) is 0. The van der Waals surface area contributed by atoms with Gasteiger partial charge in [0.2, 0.25) is 0 Å². The van der Waals surface area contributed by atoms with Crippen LogP contribution in [0.1, 0.15) is 35.2 Å². The molecule has 0 bridgehead atoms. The fourth-order valence-electron chi connectivity index (χ4n) is 2.19. The van der Waals surface area contributed by atoms with Crippen LogP contribution in [0.3, 0.4) is 0 Å². The van der Waals surface area contributed by atoms with Crippen molar-refractivity contribution in [3.63, 3.8) is 0 Å². The highest BCUT2D eigenvalue weighted by Gasteiger charge is 2.32. The number of rotatable bonds is 2. The molecule has 0 radical (unpaired) electrons. The largest absolute Gasteiger partial charge is 0.496 e. The van der Waals surface area contributed by atoms with Crippen molar-refractivity contribution in [1.29, 1.82) is 0 Å². The topological polar surface area (TPSA) is 35.5 Å². The molecule has 0 saturated heterocycles. The van der Waals surface area contributed by atoms with Gasteiger partial charge in [-0.05, 0) is 18.1 Å². The SMILES string of the molecule is COc1ccc(OC)c2c1C(=O)C[C@H]2C. The lowest BCUT2D eigenvalue weighted by Gasteiger charge is -2.12. The molecule has 0 spiro atoms. The number of hydrogen-bond donors (Lipinski definition) is 0. The van der Waals surface area contributed by atoms with Crippen LogP contribution >= 0.6 is 0 Å². The van der Waals surface area contributed by atoms with Crippen LogP contribution < -0.4 is 9.47 Å². The molecule has 1 aliphatic rings. The minimum atomic E-state index is 0.147. The quantitative estimate of drug-likeness (QED) is 0.745. The van der Waals surface area contributed by atoms with E-state index in [1.807, 2.05) is 13.0 Å². The van der Waals surface area contributed by atoms with E-state index in [1.54, 1.807) is 20.3 Å². The Labute approximate surface area is 89.0 Å². The average Bonchev–Trinajstić information content (AvgIpc) is 2.54.